The van der Waals surface area contributed by atoms with Crippen LogP contribution in [0.1, 0.15) is 0 Å². The van der Waals surface area contributed by atoms with Crippen molar-refractivity contribution >= 4 is 44.8 Å². The number of aromatic nitrogens is 2. The molecule has 0 N–H and O–H groups in total. The Balaban J connectivity index is 2.78. The van der Waals surface area contributed by atoms with Gasteiger partial charge in [0.25, 0.3) is 0 Å². The zero-order chi connectivity index (χ0) is 12.6. The standard InChI is InChI=1S/C11H6BrCl2N3/c1-15-10-6(3-4-8(13)9(10)14)11-7(12)5-16-17(11)2/h3-5H,2H3. The fraction of sp³-hybridized carbons (Fsp3) is 0.0909. The zero-order valence-corrected chi connectivity index (χ0v) is 11.8. The van der Waals surface area contributed by atoms with Crippen LogP contribution in [-0.2, 0) is 7.05 Å². The van der Waals surface area contributed by atoms with Gasteiger partial charge in [-0.25, -0.2) is 4.85 Å². The molecule has 0 bridgehead atoms. The lowest BCUT2D eigenvalue weighted by Gasteiger charge is -2.08. The lowest BCUT2D eigenvalue weighted by molar-refractivity contribution is 0.776. The van der Waals surface area contributed by atoms with E-state index in [1.165, 1.54) is 0 Å². The van der Waals surface area contributed by atoms with Crippen LogP contribution in [0.5, 0.6) is 0 Å². The first-order valence-corrected chi connectivity index (χ1v) is 6.14. The minimum Gasteiger partial charge on any atom is -0.268 e. The van der Waals surface area contributed by atoms with Gasteiger partial charge in [0.15, 0.2) is 0 Å². The SMILES string of the molecule is [C-]#[N+]c1c(-c2c(Br)cnn2C)ccc(Cl)c1Cl. The highest BCUT2D eigenvalue weighted by Gasteiger charge is 2.17. The quantitative estimate of drug-likeness (QED) is 0.694. The third-order valence-electron chi connectivity index (χ3n) is 2.33. The molecule has 0 unspecified atom stereocenters. The molecule has 0 saturated carbocycles. The van der Waals surface area contributed by atoms with Gasteiger partial charge in [-0.3, -0.25) is 4.68 Å². The van der Waals surface area contributed by atoms with E-state index in [9.17, 15) is 0 Å². The van der Waals surface area contributed by atoms with Gasteiger partial charge in [-0.2, -0.15) is 5.10 Å². The highest BCUT2D eigenvalue weighted by molar-refractivity contribution is 9.10. The lowest BCUT2D eigenvalue weighted by Crippen LogP contribution is -1.94. The van der Waals surface area contributed by atoms with Gasteiger partial charge in [-0.05, 0) is 22.0 Å². The number of rotatable bonds is 1. The third-order valence-corrected chi connectivity index (χ3v) is 3.70. The second-order valence-electron chi connectivity index (χ2n) is 3.33. The summed E-state index contributed by atoms with van der Waals surface area (Å²) in [6, 6.07) is 3.44. The van der Waals surface area contributed by atoms with Gasteiger partial charge in [0, 0.05) is 17.6 Å². The van der Waals surface area contributed by atoms with Crippen molar-refractivity contribution in [1.82, 2.24) is 9.78 Å². The molecule has 3 nitrogen and oxygen atoms in total. The molecule has 6 heteroatoms. The summed E-state index contributed by atoms with van der Waals surface area (Å²) in [6.45, 7) is 7.20. The normalized spacial score (nSPS) is 10.3. The van der Waals surface area contributed by atoms with Crippen LogP contribution >= 0.6 is 39.1 Å². The second-order valence-corrected chi connectivity index (χ2v) is 4.97. The van der Waals surface area contributed by atoms with Crippen molar-refractivity contribution in [2.24, 2.45) is 7.05 Å². The predicted octanol–water partition coefficient (Wildman–Crippen LogP) is 4.71. The largest absolute Gasteiger partial charge is 0.268 e. The summed E-state index contributed by atoms with van der Waals surface area (Å²) in [5.74, 6) is 0. The van der Waals surface area contributed by atoms with E-state index < -0.39 is 0 Å². The Morgan fingerprint density at radius 2 is 2.12 bits per heavy atom. The maximum absolute atomic E-state index is 7.20. The smallest absolute Gasteiger partial charge is 0.216 e. The van der Waals surface area contributed by atoms with E-state index in [-0.39, 0.29) is 5.02 Å². The number of hydrogen-bond acceptors (Lipinski definition) is 1. The average Bonchev–Trinajstić information content (AvgIpc) is 2.63. The van der Waals surface area contributed by atoms with E-state index in [1.807, 2.05) is 0 Å². The van der Waals surface area contributed by atoms with E-state index in [1.54, 1.807) is 30.1 Å². The van der Waals surface area contributed by atoms with Gasteiger partial charge in [0.2, 0.25) is 5.69 Å². The summed E-state index contributed by atoms with van der Waals surface area (Å²) >= 11 is 15.3. The van der Waals surface area contributed by atoms with Gasteiger partial charge in [0.05, 0.1) is 28.0 Å². The van der Waals surface area contributed by atoms with Crippen molar-refractivity contribution in [3.8, 4) is 11.3 Å². The second kappa shape index (κ2) is 4.69. The Hall–Kier alpha value is -1.02. The molecule has 0 saturated heterocycles. The van der Waals surface area contributed by atoms with Gasteiger partial charge >= 0.3 is 0 Å². The highest BCUT2D eigenvalue weighted by atomic mass is 79.9. The Labute approximate surface area is 117 Å². The molecule has 0 aliphatic heterocycles. The lowest BCUT2D eigenvalue weighted by atomic mass is 10.1. The molecular formula is C11H6BrCl2N3. The minimum absolute atomic E-state index is 0.271. The number of benzene rings is 1. The molecule has 0 aliphatic rings. The summed E-state index contributed by atoms with van der Waals surface area (Å²) in [5.41, 5.74) is 1.85. The van der Waals surface area contributed by atoms with Gasteiger partial charge < -0.3 is 0 Å². The van der Waals surface area contributed by atoms with E-state index in [0.717, 1.165) is 10.2 Å². The molecule has 1 aromatic carbocycles. The molecule has 0 spiro atoms. The van der Waals surface area contributed by atoms with Crippen molar-refractivity contribution in [1.29, 1.82) is 0 Å². The summed E-state index contributed by atoms with van der Waals surface area (Å²) in [4.78, 5) is 3.44. The van der Waals surface area contributed by atoms with Crippen LogP contribution in [0.3, 0.4) is 0 Å². The van der Waals surface area contributed by atoms with Crippen LogP contribution < -0.4 is 0 Å². The molecular weight excluding hydrogens is 325 g/mol. The predicted molar refractivity (Wildman–Crippen MR) is 72.6 cm³/mol. The average molecular weight is 331 g/mol. The summed E-state index contributed by atoms with van der Waals surface area (Å²) in [5, 5.41) is 4.76. The Kier molecular flexibility index (Phi) is 3.43. The molecule has 1 heterocycles. The summed E-state index contributed by atoms with van der Waals surface area (Å²) in [6.07, 6.45) is 1.67. The molecule has 0 aliphatic carbocycles. The van der Waals surface area contributed by atoms with E-state index in [2.05, 4.69) is 25.9 Å². The van der Waals surface area contributed by atoms with Gasteiger partial charge in [0.1, 0.15) is 0 Å². The molecule has 17 heavy (non-hydrogen) atoms. The van der Waals surface area contributed by atoms with Crippen molar-refractivity contribution in [2.75, 3.05) is 0 Å². The minimum atomic E-state index is 0.271. The summed E-state index contributed by atoms with van der Waals surface area (Å²) < 4.78 is 2.49. The maximum Gasteiger partial charge on any atom is 0.216 e. The number of halogens is 3. The van der Waals surface area contributed by atoms with Crippen LogP contribution in [0.2, 0.25) is 10.0 Å². The Morgan fingerprint density at radius 3 is 2.65 bits per heavy atom. The number of aryl methyl sites for hydroxylation is 1. The topological polar surface area (TPSA) is 22.2 Å². The van der Waals surface area contributed by atoms with Crippen LogP contribution in [0.4, 0.5) is 5.69 Å². The van der Waals surface area contributed by atoms with Crippen LogP contribution in [0.15, 0.2) is 22.8 Å². The molecule has 2 aromatic rings. The van der Waals surface area contributed by atoms with Crippen molar-refractivity contribution < 1.29 is 0 Å². The first-order chi connectivity index (χ1) is 8.06. The summed E-state index contributed by atoms with van der Waals surface area (Å²) in [7, 11) is 1.80. The van der Waals surface area contributed by atoms with Crippen molar-refractivity contribution in [3.05, 3.63) is 44.3 Å². The van der Waals surface area contributed by atoms with Crippen LogP contribution in [0.25, 0.3) is 16.1 Å². The van der Waals surface area contributed by atoms with Crippen LogP contribution in [0, 0.1) is 6.57 Å². The third kappa shape index (κ3) is 2.06. The first kappa shape index (κ1) is 12.4. The Morgan fingerprint density at radius 1 is 1.41 bits per heavy atom. The molecule has 1 aromatic heterocycles. The fourth-order valence-electron chi connectivity index (χ4n) is 1.55. The van der Waals surface area contributed by atoms with Gasteiger partial charge in [-0.15, -0.1) is 0 Å². The molecule has 0 amide bonds. The highest BCUT2D eigenvalue weighted by Crippen LogP contribution is 2.42. The monoisotopic (exact) mass is 329 g/mol. The van der Waals surface area contributed by atoms with E-state index >= 15 is 0 Å². The molecule has 86 valence electrons. The number of hydrogen-bond donors (Lipinski definition) is 0. The van der Waals surface area contributed by atoms with E-state index in [0.29, 0.717) is 16.3 Å². The van der Waals surface area contributed by atoms with Gasteiger partial charge in [-0.1, -0.05) is 29.3 Å². The maximum atomic E-state index is 7.20. The van der Waals surface area contributed by atoms with Crippen LogP contribution in [-0.4, -0.2) is 9.78 Å². The van der Waals surface area contributed by atoms with Crippen molar-refractivity contribution in [2.45, 2.75) is 0 Å². The van der Waals surface area contributed by atoms with E-state index in [4.69, 9.17) is 29.8 Å². The number of nitrogens with zero attached hydrogens (tertiary/aromatic N) is 3. The molecule has 2 rings (SSSR count). The zero-order valence-electron chi connectivity index (χ0n) is 8.71. The fourth-order valence-corrected chi connectivity index (χ4v) is 2.48. The molecule has 0 atom stereocenters. The first-order valence-electron chi connectivity index (χ1n) is 4.59. The molecule has 0 fully saturated rings. The van der Waals surface area contributed by atoms with Crippen molar-refractivity contribution in [3.63, 3.8) is 0 Å². The molecule has 0 radical (unpaired) electrons. The Bertz CT molecular complexity index is 609.